The lowest BCUT2D eigenvalue weighted by Gasteiger charge is -2.22. The van der Waals surface area contributed by atoms with Crippen LogP contribution in [0.2, 0.25) is 0 Å². The normalized spacial score (nSPS) is 11.8. The number of benzene rings is 1. The molecule has 0 saturated heterocycles. The Morgan fingerprint density at radius 3 is 2.62 bits per heavy atom. The van der Waals surface area contributed by atoms with Crippen molar-refractivity contribution < 1.29 is 4.74 Å². The fraction of sp³-hybridized carbons (Fsp3) is 0.545. The van der Waals surface area contributed by atoms with Crippen molar-refractivity contribution in [2.75, 3.05) is 39.2 Å². The summed E-state index contributed by atoms with van der Waals surface area (Å²) in [6.07, 6.45) is 2.10. The number of ether oxygens (including phenoxy) is 1. The predicted molar refractivity (Wildman–Crippen MR) is 120 cm³/mol. The number of guanidine groups is 1. The average molecular weight is 401 g/mol. The molecule has 0 saturated carbocycles. The molecule has 0 atom stereocenters. The highest BCUT2D eigenvalue weighted by molar-refractivity contribution is 5.79. The predicted octanol–water partition coefficient (Wildman–Crippen LogP) is 3.20. The number of nitrogens with one attached hydrogen (secondary N) is 2. The number of methoxy groups -OCH3 is 1. The molecule has 0 radical (unpaired) electrons. The Balaban J connectivity index is 2.03. The van der Waals surface area contributed by atoms with Gasteiger partial charge in [0.05, 0.1) is 18.8 Å². The van der Waals surface area contributed by atoms with Crippen molar-refractivity contribution in [3.8, 4) is 0 Å². The summed E-state index contributed by atoms with van der Waals surface area (Å²) in [4.78, 5) is 6.99. The van der Waals surface area contributed by atoms with E-state index < -0.39 is 0 Å². The van der Waals surface area contributed by atoms with Crippen LogP contribution in [0.25, 0.3) is 0 Å². The molecule has 2 aromatic rings. The second-order valence-electron chi connectivity index (χ2n) is 7.51. The van der Waals surface area contributed by atoms with Crippen molar-refractivity contribution in [2.24, 2.45) is 12.0 Å². The maximum Gasteiger partial charge on any atom is 0.194 e. The van der Waals surface area contributed by atoms with E-state index in [0.29, 0.717) is 19.1 Å². The van der Waals surface area contributed by atoms with E-state index in [1.165, 1.54) is 11.1 Å². The number of aryl methyl sites for hydroxylation is 1. The van der Waals surface area contributed by atoms with Crippen LogP contribution in [-0.2, 0) is 24.9 Å². The Hall–Kier alpha value is -2.54. The summed E-state index contributed by atoms with van der Waals surface area (Å²) >= 11 is 0. The third kappa shape index (κ3) is 7.09. The Bertz CT molecular complexity index is 766. The molecule has 0 unspecified atom stereocenters. The summed E-state index contributed by atoms with van der Waals surface area (Å²) in [5.41, 5.74) is 4.65. The van der Waals surface area contributed by atoms with Crippen molar-refractivity contribution in [1.82, 2.24) is 20.0 Å². The third-order valence-electron chi connectivity index (χ3n) is 4.59. The fourth-order valence-corrected chi connectivity index (χ4v) is 3.15. The highest BCUT2D eigenvalue weighted by Crippen LogP contribution is 2.18. The van der Waals surface area contributed by atoms with Gasteiger partial charge in [-0.3, -0.25) is 4.68 Å². The number of aliphatic imine (C=N–C) groups is 1. The zero-order chi connectivity index (χ0) is 21.2. The molecule has 7 nitrogen and oxygen atoms in total. The maximum absolute atomic E-state index is 5.06. The molecule has 0 aliphatic heterocycles. The zero-order valence-corrected chi connectivity index (χ0v) is 18.7. The van der Waals surface area contributed by atoms with Gasteiger partial charge in [0.25, 0.3) is 0 Å². The summed E-state index contributed by atoms with van der Waals surface area (Å²) in [5.74, 6) is 1.29. The quantitative estimate of drug-likeness (QED) is 0.364. The van der Waals surface area contributed by atoms with Gasteiger partial charge < -0.3 is 20.3 Å². The van der Waals surface area contributed by atoms with Crippen LogP contribution in [0.15, 0.2) is 35.5 Å². The van der Waals surface area contributed by atoms with E-state index in [0.717, 1.165) is 37.0 Å². The molecule has 0 spiro atoms. The van der Waals surface area contributed by atoms with Gasteiger partial charge in [-0.15, -0.1) is 0 Å². The minimum atomic E-state index is 0.398. The standard InChI is InChI=1S/C22H36N6O/c1-7-23-22(27(4)15-19-16-28(5)26-21(19)17(2)3)25-14-18-8-10-20(11-9-18)24-12-13-29-6/h8-11,16-17,24H,7,12-15H2,1-6H3,(H,23,25). The van der Waals surface area contributed by atoms with Gasteiger partial charge in [-0.2, -0.15) is 5.10 Å². The van der Waals surface area contributed by atoms with Crippen molar-refractivity contribution in [3.63, 3.8) is 0 Å². The molecule has 7 heteroatoms. The third-order valence-corrected chi connectivity index (χ3v) is 4.59. The molecule has 0 fully saturated rings. The second kappa shape index (κ2) is 11.5. The lowest BCUT2D eigenvalue weighted by atomic mass is 10.1. The van der Waals surface area contributed by atoms with Crippen LogP contribution in [0, 0.1) is 0 Å². The van der Waals surface area contributed by atoms with Crippen molar-refractivity contribution in [3.05, 3.63) is 47.3 Å². The molecule has 0 aliphatic rings. The first-order valence-electron chi connectivity index (χ1n) is 10.3. The lowest BCUT2D eigenvalue weighted by molar-refractivity contribution is 0.211. The molecule has 1 aromatic heterocycles. The van der Waals surface area contributed by atoms with E-state index in [2.05, 4.69) is 78.9 Å². The minimum Gasteiger partial charge on any atom is -0.383 e. The molecule has 0 bridgehead atoms. The van der Waals surface area contributed by atoms with Gasteiger partial charge in [0.15, 0.2) is 5.96 Å². The first kappa shape index (κ1) is 22.7. The first-order chi connectivity index (χ1) is 13.9. The van der Waals surface area contributed by atoms with E-state index in [9.17, 15) is 0 Å². The van der Waals surface area contributed by atoms with Crippen LogP contribution < -0.4 is 10.6 Å². The number of hydrogen-bond acceptors (Lipinski definition) is 4. The maximum atomic E-state index is 5.06. The minimum absolute atomic E-state index is 0.398. The highest BCUT2D eigenvalue weighted by Gasteiger charge is 2.15. The van der Waals surface area contributed by atoms with Crippen LogP contribution in [-0.4, -0.2) is 54.5 Å². The number of aromatic nitrogens is 2. The van der Waals surface area contributed by atoms with E-state index >= 15 is 0 Å². The second-order valence-corrected chi connectivity index (χ2v) is 7.51. The van der Waals surface area contributed by atoms with Gasteiger partial charge in [-0.25, -0.2) is 4.99 Å². The smallest absolute Gasteiger partial charge is 0.194 e. The molecule has 2 N–H and O–H groups in total. The SMILES string of the molecule is CCNC(=NCc1ccc(NCCOC)cc1)N(C)Cc1cn(C)nc1C(C)C. The number of rotatable bonds is 10. The van der Waals surface area contributed by atoms with Gasteiger partial charge in [0, 0.05) is 58.3 Å². The highest BCUT2D eigenvalue weighted by atomic mass is 16.5. The Morgan fingerprint density at radius 1 is 1.28 bits per heavy atom. The van der Waals surface area contributed by atoms with E-state index in [-0.39, 0.29) is 0 Å². The van der Waals surface area contributed by atoms with Crippen LogP contribution >= 0.6 is 0 Å². The monoisotopic (exact) mass is 400 g/mol. The van der Waals surface area contributed by atoms with Crippen LogP contribution in [0.3, 0.4) is 0 Å². The number of nitrogens with zero attached hydrogens (tertiary/aromatic N) is 4. The lowest BCUT2D eigenvalue weighted by Crippen LogP contribution is -2.38. The number of hydrogen-bond donors (Lipinski definition) is 2. The van der Waals surface area contributed by atoms with Crippen LogP contribution in [0.4, 0.5) is 5.69 Å². The van der Waals surface area contributed by atoms with Crippen LogP contribution in [0.5, 0.6) is 0 Å². The molecule has 0 amide bonds. The van der Waals surface area contributed by atoms with E-state index in [1.54, 1.807) is 7.11 Å². The molecular formula is C22H36N6O. The van der Waals surface area contributed by atoms with E-state index in [1.807, 2.05) is 11.7 Å². The Kier molecular flexibility index (Phi) is 8.99. The Labute approximate surface area is 175 Å². The average Bonchev–Trinajstić information content (AvgIpc) is 3.06. The summed E-state index contributed by atoms with van der Waals surface area (Å²) in [6, 6.07) is 8.39. The fourth-order valence-electron chi connectivity index (χ4n) is 3.15. The molecule has 2 rings (SSSR count). The van der Waals surface area contributed by atoms with Gasteiger partial charge in [-0.1, -0.05) is 26.0 Å². The summed E-state index contributed by atoms with van der Waals surface area (Å²) in [6.45, 7) is 10.2. The van der Waals surface area contributed by atoms with Crippen molar-refractivity contribution >= 4 is 11.6 Å². The van der Waals surface area contributed by atoms with E-state index in [4.69, 9.17) is 9.73 Å². The number of anilines is 1. The molecule has 160 valence electrons. The van der Waals surface area contributed by atoms with Gasteiger partial charge in [0.1, 0.15) is 0 Å². The van der Waals surface area contributed by atoms with Gasteiger partial charge >= 0.3 is 0 Å². The zero-order valence-electron chi connectivity index (χ0n) is 18.7. The molecule has 29 heavy (non-hydrogen) atoms. The summed E-state index contributed by atoms with van der Waals surface area (Å²) in [7, 11) is 5.75. The van der Waals surface area contributed by atoms with Crippen molar-refractivity contribution in [1.29, 1.82) is 0 Å². The van der Waals surface area contributed by atoms with Gasteiger partial charge in [0.2, 0.25) is 0 Å². The van der Waals surface area contributed by atoms with Crippen molar-refractivity contribution in [2.45, 2.75) is 39.8 Å². The largest absolute Gasteiger partial charge is 0.383 e. The topological polar surface area (TPSA) is 66.7 Å². The Morgan fingerprint density at radius 2 is 2.00 bits per heavy atom. The van der Waals surface area contributed by atoms with Crippen LogP contribution in [0.1, 0.15) is 43.5 Å². The molecule has 1 heterocycles. The summed E-state index contributed by atoms with van der Waals surface area (Å²) < 4.78 is 6.96. The first-order valence-corrected chi connectivity index (χ1v) is 10.3. The van der Waals surface area contributed by atoms with Gasteiger partial charge in [-0.05, 0) is 30.5 Å². The molecular weight excluding hydrogens is 364 g/mol. The summed E-state index contributed by atoms with van der Waals surface area (Å²) in [5, 5.41) is 11.3. The molecule has 1 aromatic carbocycles. The molecule has 0 aliphatic carbocycles.